The van der Waals surface area contributed by atoms with Gasteiger partial charge in [-0.25, -0.2) is 9.78 Å². The molecule has 4 rings (SSSR count). The van der Waals surface area contributed by atoms with Crippen molar-refractivity contribution in [3.63, 3.8) is 0 Å². The van der Waals surface area contributed by atoms with Crippen molar-refractivity contribution in [2.75, 3.05) is 68.7 Å². The Hall–Kier alpha value is -4.12. The largest absolute Gasteiger partial charge is 0.494 e. The summed E-state index contributed by atoms with van der Waals surface area (Å²) in [6, 6.07) is 7.69. The third-order valence-corrected chi connectivity index (χ3v) is 6.97. The molecule has 0 atom stereocenters. The normalized spacial score (nSPS) is 13.9. The van der Waals surface area contributed by atoms with E-state index in [4.69, 9.17) is 25.2 Å². The topological polar surface area (TPSA) is 122 Å². The molecule has 1 aliphatic heterocycles. The first-order valence-corrected chi connectivity index (χ1v) is 13.7. The van der Waals surface area contributed by atoms with Crippen LogP contribution in [0.2, 0.25) is 0 Å². The molecule has 0 amide bonds. The minimum Gasteiger partial charge on any atom is -0.494 e. The molecule has 1 aliphatic rings. The van der Waals surface area contributed by atoms with Gasteiger partial charge >= 0.3 is 5.97 Å². The number of rotatable bonds is 10. The highest BCUT2D eigenvalue weighted by Crippen LogP contribution is 2.44. The minimum atomic E-state index is -0.486. The van der Waals surface area contributed by atoms with Gasteiger partial charge in [-0.05, 0) is 53.1 Å². The highest BCUT2D eigenvalue weighted by molar-refractivity contribution is 5.96. The molecule has 11 heteroatoms. The number of methoxy groups -OCH3 is 1. The smallest absolute Gasteiger partial charge is 0.343 e. The van der Waals surface area contributed by atoms with Crippen LogP contribution >= 0.6 is 0 Å². The summed E-state index contributed by atoms with van der Waals surface area (Å²) in [6.45, 7) is 12.1. The van der Waals surface area contributed by atoms with Gasteiger partial charge in [0, 0.05) is 50.1 Å². The number of likely N-dealkylation sites (N-methyl/N-ethyl adjacent to an activating group) is 2. The van der Waals surface area contributed by atoms with Gasteiger partial charge in [0.2, 0.25) is 5.95 Å². The van der Waals surface area contributed by atoms with E-state index in [0.717, 1.165) is 35.9 Å². The number of nitrogens with two attached hydrogens (primary N) is 1. The maximum Gasteiger partial charge on any atom is 0.343 e. The fraction of sp³-hybridized carbons (Fsp3) is 0.467. The van der Waals surface area contributed by atoms with Gasteiger partial charge in [-0.1, -0.05) is 13.8 Å². The summed E-state index contributed by atoms with van der Waals surface area (Å²) in [6.07, 6.45) is 1.21. The molecule has 1 aromatic carbocycles. The van der Waals surface area contributed by atoms with Crippen LogP contribution in [0.4, 0.5) is 34.5 Å². The van der Waals surface area contributed by atoms with E-state index in [0.29, 0.717) is 35.4 Å². The first kappa shape index (κ1) is 29.9. The van der Waals surface area contributed by atoms with Gasteiger partial charge < -0.3 is 35.2 Å². The lowest BCUT2D eigenvalue weighted by atomic mass is 9.91. The zero-order valence-corrected chi connectivity index (χ0v) is 25.6. The molecule has 220 valence electrons. The van der Waals surface area contributed by atoms with Crippen molar-refractivity contribution in [3.05, 3.63) is 47.4 Å². The Morgan fingerprint density at radius 2 is 1.90 bits per heavy atom. The number of ether oxygens (including phenoxy) is 2. The molecule has 11 nitrogen and oxygen atoms in total. The van der Waals surface area contributed by atoms with Crippen molar-refractivity contribution in [3.8, 4) is 5.75 Å². The molecule has 0 radical (unpaired) electrons. The number of aryl methyl sites for hydroxylation is 1. The monoisotopic (exact) mass is 562 g/mol. The summed E-state index contributed by atoms with van der Waals surface area (Å²) in [5.41, 5.74) is 11.3. The molecule has 0 aliphatic carbocycles. The summed E-state index contributed by atoms with van der Waals surface area (Å²) < 4.78 is 11.3. The molecular weight excluding hydrogens is 520 g/mol. The summed E-state index contributed by atoms with van der Waals surface area (Å²) in [7, 11) is 7.67. The Balaban J connectivity index is 1.74. The first-order valence-electron chi connectivity index (χ1n) is 13.7. The lowest BCUT2D eigenvalue weighted by molar-refractivity contribution is 0.0378. The lowest BCUT2D eigenvalue weighted by Crippen LogP contribution is -2.29. The average molecular weight is 563 g/mol. The van der Waals surface area contributed by atoms with Crippen molar-refractivity contribution in [1.29, 1.82) is 0 Å². The molecular formula is C30H42N8O3. The number of carbonyl (C=O) groups is 1. The van der Waals surface area contributed by atoms with Crippen molar-refractivity contribution < 1.29 is 14.3 Å². The third-order valence-electron chi connectivity index (χ3n) is 6.97. The lowest BCUT2D eigenvalue weighted by Gasteiger charge is -2.25. The molecule has 3 N–H and O–H groups in total. The second-order valence-electron chi connectivity index (χ2n) is 11.6. The average Bonchev–Trinajstić information content (AvgIpc) is 3.16. The van der Waals surface area contributed by atoms with Gasteiger partial charge in [-0.2, -0.15) is 4.98 Å². The number of anilines is 6. The third kappa shape index (κ3) is 6.45. The summed E-state index contributed by atoms with van der Waals surface area (Å²) in [4.78, 5) is 33.5. The molecule has 0 spiro atoms. The predicted octanol–water partition coefficient (Wildman–Crippen LogP) is 4.51. The SMILES string of the molecule is COc1cc(N(C)CCN(C)C)c(N)cc1Nc1ncc(C(=O)OC(C)C)c(N2CC(C)(C)c3nc(C)ccc32)n1. The van der Waals surface area contributed by atoms with Crippen LogP contribution in [0.15, 0.2) is 30.5 Å². The van der Waals surface area contributed by atoms with Crippen LogP contribution in [0.5, 0.6) is 5.75 Å². The number of esters is 1. The molecule has 0 fully saturated rings. The number of hydrogen-bond donors (Lipinski definition) is 2. The van der Waals surface area contributed by atoms with Crippen LogP contribution in [0.3, 0.4) is 0 Å². The van der Waals surface area contributed by atoms with Gasteiger partial charge in [-0.3, -0.25) is 4.98 Å². The van der Waals surface area contributed by atoms with E-state index >= 15 is 0 Å². The highest BCUT2D eigenvalue weighted by Gasteiger charge is 2.39. The highest BCUT2D eigenvalue weighted by atomic mass is 16.5. The van der Waals surface area contributed by atoms with Gasteiger partial charge in [0.1, 0.15) is 11.3 Å². The predicted molar refractivity (Wildman–Crippen MR) is 164 cm³/mol. The Labute approximate surface area is 242 Å². The van der Waals surface area contributed by atoms with E-state index in [-0.39, 0.29) is 17.1 Å². The number of benzene rings is 1. The van der Waals surface area contributed by atoms with Crippen LogP contribution in [0.1, 0.15) is 49.4 Å². The number of fused-ring (bicyclic) bond motifs is 1. The fourth-order valence-corrected chi connectivity index (χ4v) is 4.84. The maximum absolute atomic E-state index is 13.2. The van der Waals surface area contributed by atoms with Gasteiger partial charge in [0.15, 0.2) is 5.82 Å². The minimum absolute atomic E-state index is 0.259. The van der Waals surface area contributed by atoms with Crippen LogP contribution in [-0.2, 0) is 10.2 Å². The summed E-state index contributed by atoms with van der Waals surface area (Å²) in [5, 5.41) is 3.26. The number of nitrogens with one attached hydrogen (secondary N) is 1. The Morgan fingerprint density at radius 1 is 1.17 bits per heavy atom. The van der Waals surface area contributed by atoms with Crippen LogP contribution in [0.25, 0.3) is 0 Å². The zero-order chi connectivity index (χ0) is 30.1. The van der Waals surface area contributed by atoms with E-state index in [2.05, 4.69) is 33.9 Å². The van der Waals surface area contributed by atoms with E-state index < -0.39 is 5.97 Å². The first-order chi connectivity index (χ1) is 19.3. The second kappa shape index (κ2) is 11.8. The molecule has 41 heavy (non-hydrogen) atoms. The molecule has 3 heterocycles. The van der Waals surface area contributed by atoms with E-state index in [1.807, 2.05) is 71.1 Å². The molecule has 0 bridgehead atoms. The molecule has 0 unspecified atom stereocenters. The quantitative estimate of drug-likeness (QED) is 0.268. The second-order valence-corrected chi connectivity index (χ2v) is 11.6. The Bertz CT molecular complexity index is 1420. The van der Waals surface area contributed by atoms with E-state index in [9.17, 15) is 4.79 Å². The zero-order valence-electron chi connectivity index (χ0n) is 25.6. The Morgan fingerprint density at radius 3 is 2.56 bits per heavy atom. The van der Waals surface area contributed by atoms with Crippen LogP contribution in [0, 0.1) is 6.92 Å². The van der Waals surface area contributed by atoms with Crippen LogP contribution < -0.4 is 25.6 Å². The maximum atomic E-state index is 13.2. The number of nitrogens with zero attached hydrogens (tertiary/aromatic N) is 6. The van der Waals surface area contributed by atoms with Crippen molar-refractivity contribution in [2.45, 2.75) is 46.1 Å². The Kier molecular flexibility index (Phi) is 8.58. The number of aromatic nitrogens is 3. The van der Waals surface area contributed by atoms with Crippen molar-refractivity contribution in [1.82, 2.24) is 19.9 Å². The summed E-state index contributed by atoms with van der Waals surface area (Å²) >= 11 is 0. The number of nitrogen functional groups attached to an aromatic ring is 1. The van der Waals surface area contributed by atoms with Crippen molar-refractivity contribution >= 4 is 40.5 Å². The molecule has 0 saturated carbocycles. The van der Waals surface area contributed by atoms with Gasteiger partial charge in [-0.15, -0.1) is 0 Å². The van der Waals surface area contributed by atoms with Crippen LogP contribution in [-0.4, -0.2) is 79.8 Å². The molecule has 2 aromatic heterocycles. The number of hydrogen-bond acceptors (Lipinski definition) is 11. The number of pyridine rings is 1. The fourth-order valence-electron chi connectivity index (χ4n) is 4.84. The summed E-state index contributed by atoms with van der Waals surface area (Å²) in [5.74, 6) is 0.836. The van der Waals surface area contributed by atoms with Gasteiger partial charge in [0.25, 0.3) is 0 Å². The molecule has 3 aromatic rings. The molecule has 0 saturated heterocycles. The number of carbonyl (C=O) groups excluding carboxylic acids is 1. The van der Waals surface area contributed by atoms with Crippen molar-refractivity contribution in [2.24, 2.45) is 0 Å². The van der Waals surface area contributed by atoms with E-state index in [1.165, 1.54) is 6.20 Å². The standard InChI is InChI=1S/C30H42N8O3/c1-18(2)41-28(39)20-16-32-29(35-27(20)38-17-30(4,5)26-23(38)11-10-19(3)33-26)34-22-14-21(31)24(15-25(22)40-9)37(8)13-12-36(6)7/h10-11,14-16,18H,12-13,17,31H2,1-9H3,(H,32,34,35). The van der Waals surface area contributed by atoms with Gasteiger partial charge in [0.05, 0.1) is 41.7 Å². The van der Waals surface area contributed by atoms with E-state index in [1.54, 1.807) is 7.11 Å².